The van der Waals surface area contributed by atoms with Gasteiger partial charge in [-0.15, -0.1) is 0 Å². The van der Waals surface area contributed by atoms with E-state index in [0.29, 0.717) is 17.0 Å². The molecule has 3 aromatic rings. The monoisotopic (exact) mass is 547 g/mol. The molecule has 160 valence electrons. The highest BCUT2D eigenvalue weighted by molar-refractivity contribution is 14.1. The second kappa shape index (κ2) is 9.61. The number of benzene rings is 3. The molecule has 0 aliphatic rings. The molecular weight excluding hydrogens is 525 g/mol. The molecule has 6 nitrogen and oxygen atoms in total. The van der Waals surface area contributed by atoms with Gasteiger partial charge in [-0.25, -0.2) is 13.8 Å². The van der Waals surface area contributed by atoms with Crippen molar-refractivity contribution < 1.29 is 13.2 Å². The van der Waals surface area contributed by atoms with E-state index in [-0.39, 0.29) is 10.8 Å². The number of amides is 1. The van der Waals surface area contributed by atoms with Crippen LogP contribution in [0.5, 0.6) is 0 Å². The van der Waals surface area contributed by atoms with Gasteiger partial charge in [-0.2, -0.15) is 5.10 Å². The van der Waals surface area contributed by atoms with Crippen LogP contribution >= 0.6 is 22.6 Å². The first-order valence-electron chi connectivity index (χ1n) is 9.45. The summed E-state index contributed by atoms with van der Waals surface area (Å²) in [7, 11) is -2.20. The molecule has 3 rings (SSSR count). The Morgan fingerprint density at radius 2 is 1.45 bits per heavy atom. The van der Waals surface area contributed by atoms with Crippen molar-refractivity contribution >= 4 is 49.9 Å². The smallest absolute Gasteiger partial charge is 0.269 e. The van der Waals surface area contributed by atoms with E-state index in [4.69, 9.17) is 0 Å². The maximum Gasteiger partial charge on any atom is 0.271 e. The lowest BCUT2D eigenvalue weighted by Crippen LogP contribution is -2.26. The Morgan fingerprint density at radius 1 is 0.903 bits per heavy atom. The van der Waals surface area contributed by atoms with Gasteiger partial charge in [0, 0.05) is 16.2 Å². The molecule has 0 aliphatic heterocycles. The summed E-state index contributed by atoms with van der Waals surface area (Å²) >= 11 is 2.23. The maximum absolute atomic E-state index is 12.8. The molecule has 0 unspecified atom stereocenters. The van der Waals surface area contributed by atoms with Crippen LogP contribution in [-0.2, 0) is 10.0 Å². The van der Waals surface area contributed by atoms with Crippen LogP contribution in [0, 0.1) is 10.5 Å². The Bertz CT molecular complexity index is 1200. The molecule has 3 aromatic carbocycles. The SMILES string of the molecule is C/C(=N/NC(=O)c1ccc(N(C)S(=O)(=O)c2ccc(C)cc2)cc1)c1ccc(I)cc1. The van der Waals surface area contributed by atoms with Crippen LogP contribution in [0.4, 0.5) is 5.69 Å². The average molecular weight is 547 g/mol. The highest BCUT2D eigenvalue weighted by Gasteiger charge is 2.21. The summed E-state index contributed by atoms with van der Waals surface area (Å²) in [6, 6.07) is 20.8. The number of hydrogen-bond donors (Lipinski definition) is 1. The summed E-state index contributed by atoms with van der Waals surface area (Å²) in [4.78, 5) is 12.6. The molecule has 0 heterocycles. The number of halogens is 1. The van der Waals surface area contributed by atoms with Gasteiger partial charge in [0.25, 0.3) is 15.9 Å². The van der Waals surface area contributed by atoms with Crippen LogP contribution < -0.4 is 9.73 Å². The van der Waals surface area contributed by atoms with Gasteiger partial charge in [-0.3, -0.25) is 9.10 Å². The van der Waals surface area contributed by atoms with Crippen molar-refractivity contribution in [2.24, 2.45) is 5.10 Å². The number of nitrogens with zero attached hydrogens (tertiary/aromatic N) is 2. The zero-order valence-electron chi connectivity index (χ0n) is 17.3. The Hall–Kier alpha value is -2.72. The minimum atomic E-state index is -3.69. The summed E-state index contributed by atoms with van der Waals surface area (Å²) in [6.07, 6.45) is 0. The molecule has 1 amide bonds. The summed E-state index contributed by atoms with van der Waals surface area (Å²) in [6.45, 7) is 3.71. The van der Waals surface area contributed by atoms with Gasteiger partial charge in [0.2, 0.25) is 0 Å². The van der Waals surface area contributed by atoms with Crippen LogP contribution in [0.3, 0.4) is 0 Å². The zero-order valence-corrected chi connectivity index (χ0v) is 20.3. The van der Waals surface area contributed by atoms with Crippen LogP contribution in [0.1, 0.15) is 28.4 Å². The van der Waals surface area contributed by atoms with Crippen LogP contribution in [-0.4, -0.2) is 27.1 Å². The Balaban J connectivity index is 1.71. The van der Waals surface area contributed by atoms with E-state index >= 15 is 0 Å². The molecular formula is C23H22IN3O3S. The molecule has 0 fully saturated rings. The number of nitrogens with one attached hydrogen (secondary N) is 1. The molecule has 0 saturated heterocycles. The molecule has 8 heteroatoms. The van der Waals surface area contributed by atoms with E-state index < -0.39 is 10.0 Å². The van der Waals surface area contributed by atoms with Crippen molar-refractivity contribution in [3.05, 3.63) is 93.1 Å². The van der Waals surface area contributed by atoms with Crippen LogP contribution in [0.2, 0.25) is 0 Å². The summed E-state index contributed by atoms with van der Waals surface area (Å²) in [5.74, 6) is -0.375. The lowest BCUT2D eigenvalue weighted by Gasteiger charge is -2.19. The number of rotatable bonds is 6. The minimum Gasteiger partial charge on any atom is -0.269 e. The molecule has 0 aliphatic carbocycles. The van der Waals surface area contributed by atoms with Gasteiger partial charge in [0.1, 0.15) is 0 Å². The first-order valence-corrected chi connectivity index (χ1v) is 12.0. The van der Waals surface area contributed by atoms with E-state index in [1.807, 2.05) is 38.1 Å². The van der Waals surface area contributed by atoms with E-state index in [9.17, 15) is 13.2 Å². The van der Waals surface area contributed by atoms with Crippen molar-refractivity contribution in [1.82, 2.24) is 5.43 Å². The fourth-order valence-electron chi connectivity index (χ4n) is 2.78. The fourth-order valence-corrected chi connectivity index (χ4v) is 4.34. The van der Waals surface area contributed by atoms with E-state index in [2.05, 4.69) is 33.1 Å². The van der Waals surface area contributed by atoms with Crippen molar-refractivity contribution in [1.29, 1.82) is 0 Å². The Morgan fingerprint density at radius 3 is 2.03 bits per heavy atom. The van der Waals surface area contributed by atoms with Gasteiger partial charge < -0.3 is 0 Å². The van der Waals surface area contributed by atoms with Gasteiger partial charge in [-0.1, -0.05) is 29.8 Å². The highest BCUT2D eigenvalue weighted by Crippen LogP contribution is 2.22. The lowest BCUT2D eigenvalue weighted by atomic mass is 10.1. The molecule has 0 radical (unpaired) electrons. The third kappa shape index (κ3) is 5.50. The lowest BCUT2D eigenvalue weighted by molar-refractivity contribution is 0.0955. The third-order valence-electron chi connectivity index (χ3n) is 4.76. The summed E-state index contributed by atoms with van der Waals surface area (Å²) in [5.41, 5.74) is 5.95. The van der Waals surface area contributed by atoms with Gasteiger partial charge in [0.15, 0.2) is 0 Å². The molecule has 1 N–H and O–H groups in total. The molecule has 0 spiro atoms. The first-order chi connectivity index (χ1) is 14.7. The van der Waals surface area contributed by atoms with Crippen LogP contribution in [0.25, 0.3) is 0 Å². The maximum atomic E-state index is 12.8. The molecule has 0 bridgehead atoms. The second-order valence-corrected chi connectivity index (χ2v) is 10.2. The average Bonchev–Trinajstić information content (AvgIpc) is 2.77. The van der Waals surface area contributed by atoms with Gasteiger partial charge in [-0.05, 0) is 90.5 Å². The number of aryl methyl sites for hydroxylation is 1. The van der Waals surface area contributed by atoms with E-state index in [1.54, 1.807) is 48.5 Å². The predicted molar refractivity (Wildman–Crippen MR) is 132 cm³/mol. The minimum absolute atomic E-state index is 0.211. The van der Waals surface area contributed by atoms with E-state index in [1.165, 1.54) is 11.4 Å². The van der Waals surface area contributed by atoms with Crippen LogP contribution in [0.15, 0.2) is 82.8 Å². The number of sulfonamides is 1. The Labute approximate surface area is 196 Å². The summed E-state index contributed by atoms with van der Waals surface area (Å²) < 4.78 is 28.0. The first kappa shape index (κ1) is 23.0. The molecule has 31 heavy (non-hydrogen) atoms. The summed E-state index contributed by atoms with van der Waals surface area (Å²) in [5, 5.41) is 4.15. The Kier molecular flexibility index (Phi) is 7.11. The normalized spacial score (nSPS) is 11.8. The van der Waals surface area contributed by atoms with Crippen molar-refractivity contribution in [3.63, 3.8) is 0 Å². The van der Waals surface area contributed by atoms with Crippen molar-refractivity contribution in [2.75, 3.05) is 11.4 Å². The largest absolute Gasteiger partial charge is 0.271 e. The fraction of sp³-hybridized carbons (Fsp3) is 0.130. The van der Waals surface area contributed by atoms with Crippen molar-refractivity contribution in [2.45, 2.75) is 18.7 Å². The number of carbonyl (C=O) groups is 1. The number of hydrogen-bond acceptors (Lipinski definition) is 4. The molecule has 0 saturated carbocycles. The highest BCUT2D eigenvalue weighted by atomic mass is 127. The number of hydrazone groups is 1. The zero-order chi connectivity index (χ0) is 22.6. The molecule has 0 atom stereocenters. The van der Waals surface area contributed by atoms with Crippen molar-refractivity contribution in [3.8, 4) is 0 Å². The predicted octanol–water partition coefficient (Wildman–Crippen LogP) is 4.58. The van der Waals surface area contributed by atoms with E-state index in [0.717, 1.165) is 14.7 Å². The standard InChI is InChI=1S/C23H22IN3O3S/c1-16-4-14-22(15-5-16)31(29,30)27(3)21-12-8-19(9-13-21)23(28)26-25-17(2)18-6-10-20(24)11-7-18/h4-15H,1-3H3,(H,26,28)/b25-17-. The quantitative estimate of drug-likeness (QED) is 0.279. The third-order valence-corrected chi connectivity index (χ3v) is 7.28. The number of anilines is 1. The molecule has 0 aromatic heterocycles. The number of carbonyl (C=O) groups excluding carboxylic acids is 1. The van der Waals surface area contributed by atoms with Gasteiger partial charge in [0.05, 0.1) is 16.3 Å². The second-order valence-electron chi connectivity index (χ2n) is 6.98. The van der Waals surface area contributed by atoms with Gasteiger partial charge >= 0.3 is 0 Å². The topological polar surface area (TPSA) is 78.8 Å².